The molecule has 2 N–H and O–H groups in total. The molecular formula is C19H19N5O2. The maximum atomic E-state index is 12.7. The molecule has 1 amide bonds. The van der Waals surface area contributed by atoms with Crippen molar-refractivity contribution in [3.05, 3.63) is 52.8 Å². The summed E-state index contributed by atoms with van der Waals surface area (Å²) in [7, 11) is 0. The number of nitrogens with one attached hydrogen (secondary N) is 2. The summed E-state index contributed by atoms with van der Waals surface area (Å²) in [6, 6.07) is 6.15. The quantitative estimate of drug-likeness (QED) is 0.650. The van der Waals surface area contributed by atoms with Gasteiger partial charge in [0.1, 0.15) is 22.7 Å². The van der Waals surface area contributed by atoms with Gasteiger partial charge in [-0.1, -0.05) is 17.7 Å². The first-order valence-corrected chi connectivity index (χ1v) is 8.69. The second kappa shape index (κ2) is 5.20. The van der Waals surface area contributed by atoms with Gasteiger partial charge in [-0.25, -0.2) is 9.50 Å². The van der Waals surface area contributed by atoms with Crippen molar-refractivity contribution in [2.75, 3.05) is 11.9 Å². The van der Waals surface area contributed by atoms with E-state index >= 15 is 0 Å². The lowest BCUT2D eigenvalue weighted by atomic mass is 9.96. The van der Waals surface area contributed by atoms with Crippen LogP contribution < -0.4 is 15.4 Å². The standard InChI is InChI=1S/C19H19N5O2/c1-11-5-12-7-19(2)10-21-18(25)14-9-22-24-4-3-15(23-17(14)24)20-8-13(6-11)16(12)26-19/h3-6,9H,7-8,10H2,1-2H3,(H,20,23)(H,21,25). The molecule has 4 heterocycles. The van der Waals surface area contributed by atoms with Crippen molar-refractivity contribution in [2.45, 2.75) is 32.4 Å². The number of fused-ring (bicyclic) bond motifs is 2. The van der Waals surface area contributed by atoms with Crippen LogP contribution in [-0.4, -0.2) is 32.7 Å². The minimum Gasteiger partial charge on any atom is -0.485 e. The first-order valence-electron chi connectivity index (χ1n) is 8.69. The fraction of sp³-hybridized carbons (Fsp3) is 0.316. The van der Waals surface area contributed by atoms with Gasteiger partial charge in [-0.2, -0.15) is 5.10 Å². The van der Waals surface area contributed by atoms with Gasteiger partial charge < -0.3 is 15.4 Å². The van der Waals surface area contributed by atoms with E-state index in [0.717, 1.165) is 17.7 Å². The number of carbonyl (C=O) groups excluding carboxylic acids is 1. The van der Waals surface area contributed by atoms with Crippen LogP contribution in [0.15, 0.2) is 30.6 Å². The topological polar surface area (TPSA) is 80.6 Å². The smallest absolute Gasteiger partial charge is 0.256 e. The Balaban J connectivity index is 1.64. The number of carbonyl (C=O) groups is 1. The third-order valence-electron chi connectivity index (χ3n) is 5.00. The highest BCUT2D eigenvalue weighted by molar-refractivity contribution is 5.99. The largest absolute Gasteiger partial charge is 0.485 e. The Morgan fingerprint density at radius 3 is 3.00 bits per heavy atom. The summed E-state index contributed by atoms with van der Waals surface area (Å²) >= 11 is 0. The molecule has 0 fully saturated rings. The number of rotatable bonds is 0. The number of benzene rings is 1. The van der Waals surface area contributed by atoms with Gasteiger partial charge >= 0.3 is 0 Å². The van der Waals surface area contributed by atoms with E-state index in [1.54, 1.807) is 16.9 Å². The number of aryl methyl sites for hydroxylation is 1. The number of nitrogens with zero attached hydrogens (tertiary/aromatic N) is 3. The minimum absolute atomic E-state index is 0.193. The van der Waals surface area contributed by atoms with Gasteiger partial charge in [-0.3, -0.25) is 4.79 Å². The van der Waals surface area contributed by atoms with E-state index in [9.17, 15) is 4.79 Å². The summed E-state index contributed by atoms with van der Waals surface area (Å²) < 4.78 is 7.92. The van der Waals surface area contributed by atoms with Crippen LogP contribution >= 0.6 is 0 Å². The monoisotopic (exact) mass is 349 g/mol. The van der Waals surface area contributed by atoms with Gasteiger partial charge in [0.05, 0.1) is 12.7 Å². The molecule has 1 unspecified atom stereocenters. The van der Waals surface area contributed by atoms with Crippen molar-refractivity contribution >= 4 is 17.4 Å². The lowest BCUT2D eigenvalue weighted by Gasteiger charge is -2.24. The van der Waals surface area contributed by atoms with E-state index in [4.69, 9.17) is 4.74 Å². The predicted octanol–water partition coefficient (Wildman–Crippen LogP) is 2.09. The van der Waals surface area contributed by atoms with Gasteiger partial charge in [0.2, 0.25) is 0 Å². The molecule has 132 valence electrons. The van der Waals surface area contributed by atoms with Crippen molar-refractivity contribution in [2.24, 2.45) is 0 Å². The van der Waals surface area contributed by atoms with Crippen LogP contribution in [0.5, 0.6) is 5.75 Å². The molecule has 0 saturated heterocycles. The van der Waals surface area contributed by atoms with Crippen LogP contribution in [-0.2, 0) is 13.0 Å². The second-order valence-corrected chi connectivity index (χ2v) is 7.32. The molecule has 1 aromatic carbocycles. The number of aromatic nitrogens is 3. The Hall–Kier alpha value is -3.09. The molecule has 26 heavy (non-hydrogen) atoms. The van der Waals surface area contributed by atoms with Gasteiger partial charge in [-0.15, -0.1) is 0 Å². The van der Waals surface area contributed by atoms with Crippen molar-refractivity contribution in [1.82, 2.24) is 19.9 Å². The molecule has 1 atom stereocenters. The molecule has 5 rings (SSSR count). The van der Waals surface area contributed by atoms with Crippen LogP contribution in [0.25, 0.3) is 5.65 Å². The SMILES string of the molecule is Cc1cc2c3c(c1)CC(C)(CNC(=O)c1cnn4ccc(nc14)NC2)O3. The van der Waals surface area contributed by atoms with Gasteiger partial charge in [0, 0.05) is 24.7 Å². The van der Waals surface area contributed by atoms with E-state index in [2.05, 4.69) is 39.8 Å². The summed E-state index contributed by atoms with van der Waals surface area (Å²) in [5.41, 5.74) is 4.02. The zero-order valence-corrected chi connectivity index (χ0v) is 14.7. The maximum Gasteiger partial charge on any atom is 0.256 e. The third kappa shape index (κ3) is 2.31. The number of anilines is 1. The van der Waals surface area contributed by atoms with E-state index < -0.39 is 5.60 Å². The van der Waals surface area contributed by atoms with Crippen LogP contribution in [0, 0.1) is 6.92 Å². The van der Waals surface area contributed by atoms with E-state index in [1.807, 2.05) is 13.0 Å². The molecule has 4 bridgehead atoms. The van der Waals surface area contributed by atoms with Crippen LogP contribution in [0.2, 0.25) is 0 Å². The van der Waals surface area contributed by atoms with E-state index in [1.165, 1.54) is 11.1 Å². The lowest BCUT2D eigenvalue weighted by molar-refractivity contribution is 0.0840. The predicted molar refractivity (Wildman–Crippen MR) is 96.6 cm³/mol. The molecule has 0 saturated carbocycles. The molecule has 0 spiro atoms. The van der Waals surface area contributed by atoms with Crippen LogP contribution in [0.4, 0.5) is 5.82 Å². The molecule has 2 aliphatic heterocycles. The average Bonchev–Trinajstić information content (AvgIpc) is 3.17. The van der Waals surface area contributed by atoms with Crippen molar-refractivity contribution in [3.63, 3.8) is 0 Å². The third-order valence-corrected chi connectivity index (χ3v) is 5.00. The summed E-state index contributed by atoms with van der Waals surface area (Å²) in [6.45, 7) is 5.15. The first kappa shape index (κ1) is 15.2. The molecule has 0 radical (unpaired) electrons. The normalized spacial score (nSPS) is 21.4. The van der Waals surface area contributed by atoms with Gasteiger partial charge in [0.25, 0.3) is 5.91 Å². The highest BCUT2D eigenvalue weighted by atomic mass is 16.5. The molecule has 0 aliphatic carbocycles. The van der Waals surface area contributed by atoms with Crippen LogP contribution in [0.1, 0.15) is 34.0 Å². The Kier molecular flexibility index (Phi) is 3.04. The number of hydrogen-bond acceptors (Lipinski definition) is 5. The number of ether oxygens (including phenoxy) is 1. The molecule has 2 aromatic heterocycles. The van der Waals surface area contributed by atoms with E-state index in [0.29, 0.717) is 30.1 Å². The Morgan fingerprint density at radius 1 is 1.27 bits per heavy atom. The highest BCUT2D eigenvalue weighted by Crippen LogP contribution is 2.39. The van der Waals surface area contributed by atoms with Gasteiger partial charge in [0.15, 0.2) is 5.65 Å². The second-order valence-electron chi connectivity index (χ2n) is 7.32. The first-order chi connectivity index (χ1) is 12.5. The maximum absolute atomic E-state index is 12.7. The Bertz CT molecular complexity index is 1060. The van der Waals surface area contributed by atoms with Crippen molar-refractivity contribution in [1.29, 1.82) is 0 Å². The minimum atomic E-state index is -0.465. The fourth-order valence-corrected chi connectivity index (χ4v) is 3.78. The summed E-state index contributed by atoms with van der Waals surface area (Å²) in [5.74, 6) is 1.42. The molecule has 7 nitrogen and oxygen atoms in total. The fourth-order valence-electron chi connectivity index (χ4n) is 3.78. The van der Waals surface area contributed by atoms with Gasteiger partial charge in [-0.05, 0) is 25.5 Å². The molecule has 3 aromatic rings. The number of hydrogen-bond donors (Lipinski definition) is 2. The summed E-state index contributed by atoms with van der Waals surface area (Å²) in [4.78, 5) is 17.2. The summed E-state index contributed by atoms with van der Waals surface area (Å²) in [6.07, 6.45) is 4.12. The van der Waals surface area contributed by atoms with Crippen molar-refractivity contribution < 1.29 is 9.53 Å². The highest BCUT2D eigenvalue weighted by Gasteiger charge is 2.37. The Morgan fingerprint density at radius 2 is 2.12 bits per heavy atom. The molecule has 7 heteroatoms. The average molecular weight is 349 g/mol. The lowest BCUT2D eigenvalue weighted by Crippen LogP contribution is -2.44. The zero-order chi connectivity index (χ0) is 17.9. The van der Waals surface area contributed by atoms with Crippen LogP contribution in [0.3, 0.4) is 0 Å². The zero-order valence-electron chi connectivity index (χ0n) is 14.7. The number of amides is 1. The summed E-state index contributed by atoms with van der Waals surface area (Å²) in [5, 5.41) is 10.6. The van der Waals surface area contributed by atoms with Crippen molar-refractivity contribution in [3.8, 4) is 5.75 Å². The molecular weight excluding hydrogens is 330 g/mol. The Labute approximate surface area is 150 Å². The van der Waals surface area contributed by atoms with E-state index in [-0.39, 0.29) is 5.91 Å². The molecule has 2 aliphatic rings.